The molecule has 142 valence electrons. The molecule has 5 aliphatic rings. The SMILES string of the molecule is FC1CCCCC1C1NN=C(C2(C3CC=C(Cl)CC3)CC2)N=C1C1CC1. The van der Waals surface area contributed by atoms with Crippen LogP contribution in [0.15, 0.2) is 21.2 Å². The molecule has 1 N–H and O–H groups in total. The second-order valence-corrected chi connectivity index (χ2v) is 9.58. The molecule has 0 saturated heterocycles. The number of allylic oxidation sites excluding steroid dienone is 2. The summed E-state index contributed by atoms with van der Waals surface area (Å²) in [4.78, 5) is 5.15. The number of hydrogen-bond acceptors (Lipinski definition) is 3. The molecule has 5 rings (SSSR count). The summed E-state index contributed by atoms with van der Waals surface area (Å²) >= 11 is 6.19. The molecule has 0 aromatic carbocycles. The van der Waals surface area contributed by atoms with Crippen molar-refractivity contribution in [2.75, 3.05) is 0 Å². The van der Waals surface area contributed by atoms with E-state index < -0.39 is 6.17 Å². The molecule has 26 heavy (non-hydrogen) atoms. The number of hydrazone groups is 1. The second-order valence-electron chi connectivity index (χ2n) is 9.10. The van der Waals surface area contributed by atoms with Crippen LogP contribution in [0.1, 0.15) is 70.6 Å². The molecule has 3 fully saturated rings. The van der Waals surface area contributed by atoms with Crippen molar-refractivity contribution in [1.29, 1.82) is 0 Å². The molecular weight excluding hydrogens is 349 g/mol. The van der Waals surface area contributed by atoms with Gasteiger partial charge in [-0.3, -0.25) is 5.43 Å². The number of rotatable bonds is 4. The lowest BCUT2D eigenvalue weighted by atomic mass is 9.78. The number of aliphatic imine (C=N–C) groups is 1. The Balaban J connectivity index is 1.38. The Kier molecular flexibility index (Phi) is 4.38. The summed E-state index contributed by atoms with van der Waals surface area (Å²) in [6, 6.07) is 0.0260. The first kappa shape index (κ1) is 17.2. The molecule has 3 saturated carbocycles. The third kappa shape index (κ3) is 3.02. The predicted octanol–water partition coefficient (Wildman–Crippen LogP) is 5.35. The molecule has 3 nitrogen and oxygen atoms in total. The average molecular weight is 378 g/mol. The molecule has 4 aliphatic carbocycles. The van der Waals surface area contributed by atoms with E-state index in [0.717, 1.165) is 49.4 Å². The maximum Gasteiger partial charge on any atom is 0.154 e. The smallest absolute Gasteiger partial charge is 0.154 e. The summed E-state index contributed by atoms with van der Waals surface area (Å²) in [6.07, 6.45) is 13.3. The van der Waals surface area contributed by atoms with E-state index in [-0.39, 0.29) is 17.4 Å². The van der Waals surface area contributed by atoms with Gasteiger partial charge in [0, 0.05) is 22.1 Å². The van der Waals surface area contributed by atoms with E-state index >= 15 is 0 Å². The van der Waals surface area contributed by atoms with Gasteiger partial charge in [0.25, 0.3) is 0 Å². The normalized spacial score (nSPS) is 39.4. The minimum Gasteiger partial charge on any atom is -0.299 e. The van der Waals surface area contributed by atoms with Crippen LogP contribution in [-0.4, -0.2) is 23.8 Å². The zero-order valence-corrected chi connectivity index (χ0v) is 16.1. The molecule has 0 amide bonds. The Morgan fingerprint density at radius 2 is 1.92 bits per heavy atom. The summed E-state index contributed by atoms with van der Waals surface area (Å²) in [5, 5.41) is 5.78. The highest BCUT2D eigenvalue weighted by molar-refractivity contribution is 6.29. The van der Waals surface area contributed by atoms with Gasteiger partial charge in [-0.1, -0.05) is 30.5 Å². The van der Waals surface area contributed by atoms with Gasteiger partial charge in [0.1, 0.15) is 6.17 Å². The number of hydrogen-bond donors (Lipinski definition) is 1. The highest BCUT2D eigenvalue weighted by atomic mass is 35.5. The summed E-state index contributed by atoms with van der Waals surface area (Å²) in [7, 11) is 0. The van der Waals surface area contributed by atoms with Crippen molar-refractivity contribution in [2.45, 2.75) is 82.8 Å². The Morgan fingerprint density at radius 3 is 2.58 bits per heavy atom. The minimum atomic E-state index is -0.706. The van der Waals surface area contributed by atoms with Crippen molar-refractivity contribution < 1.29 is 4.39 Å². The van der Waals surface area contributed by atoms with Crippen LogP contribution in [0.4, 0.5) is 4.39 Å². The molecule has 0 spiro atoms. The van der Waals surface area contributed by atoms with Crippen molar-refractivity contribution in [3.05, 3.63) is 11.1 Å². The van der Waals surface area contributed by atoms with Gasteiger partial charge < -0.3 is 0 Å². The summed E-state index contributed by atoms with van der Waals surface area (Å²) in [5.41, 5.74) is 4.78. The molecule has 0 radical (unpaired) electrons. The highest BCUT2D eigenvalue weighted by Crippen LogP contribution is 2.58. The number of nitrogens with one attached hydrogen (secondary N) is 1. The van der Waals surface area contributed by atoms with Gasteiger partial charge in [-0.15, -0.1) is 0 Å². The Hall–Kier alpha value is -0.900. The Labute approximate surface area is 160 Å². The maximum absolute atomic E-state index is 14.6. The molecule has 4 unspecified atom stereocenters. The Bertz CT molecular complexity index is 662. The van der Waals surface area contributed by atoms with Crippen molar-refractivity contribution >= 4 is 23.1 Å². The topological polar surface area (TPSA) is 36.8 Å². The first-order chi connectivity index (χ1) is 12.7. The van der Waals surface area contributed by atoms with E-state index in [2.05, 4.69) is 11.5 Å². The van der Waals surface area contributed by atoms with E-state index in [1.54, 1.807) is 0 Å². The molecule has 0 aromatic heterocycles. The van der Waals surface area contributed by atoms with E-state index in [1.807, 2.05) is 0 Å². The van der Waals surface area contributed by atoms with E-state index in [4.69, 9.17) is 21.7 Å². The van der Waals surface area contributed by atoms with Crippen LogP contribution in [0.5, 0.6) is 0 Å². The number of alkyl halides is 1. The van der Waals surface area contributed by atoms with Gasteiger partial charge in [-0.05, 0) is 69.6 Å². The van der Waals surface area contributed by atoms with Gasteiger partial charge in [-0.25, -0.2) is 9.38 Å². The lowest BCUT2D eigenvalue weighted by molar-refractivity contribution is 0.147. The zero-order chi connectivity index (χ0) is 17.7. The first-order valence-electron chi connectivity index (χ1n) is 10.6. The summed E-state index contributed by atoms with van der Waals surface area (Å²) < 4.78 is 14.6. The zero-order valence-electron chi connectivity index (χ0n) is 15.4. The van der Waals surface area contributed by atoms with E-state index in [1.165, 1.54) is 31.4 Å². The molecule has 1 heterocycles. The van der Waals surface area contributed by atoms with Crippen molar-refractivity contribution in [3.63, 3.8) is 0 Å². The van der Waals surface area contributed by atoms with Crippen molar-refractivity contribution in [3.8, 4) is 0 Å². The van der Waals surface area contributed by atoms with E-state index in [9.17, 15) is 4.39 Å². The minimum absolute atomic E-state index is 0.0260. The predicted molar refractivity (Wildman–Crippen MR) is 104 cm³/mol. The molecular formula is C21H29ClFN3. The summed E-state index contributed by atoms with van der Waals surface area (Å²) in [5.74, 6) is 2.23. The van der Waals surface area contributed by atoms with Crippen LogP contribution in [0.2, 0.25) is 0 Å². The molecule has 0 bridgehead atoms. The lowest BCUT2D eigenvalue weighted by Gasteiger charge is -2.37. The van der Waals surface area contributed by atoms with Gasteiger partial charge in [0.2, 0.25) is 0 Å². The van der Waals surface area contributed by atoms with Gasteiger partial charge in [-0.2, -0.15) is 5.10 Å². The second kappa shape index (κ2) is 6.61. The van der Waals surface area contributed by atoms with Gasteiger partial charge in [0.05, 0.1) is 6.04 Å². The Morgan fingerprint density at radius 1 is 1.12 bits per heavy atom. The van der Waals surface area contributed by atoms with Crippen LogP contribution >= 0.6 is 11.6 Å². The highest BCUT2D eigenvalue weighted by Gasteiger charge is 2.55. The lowest BCUT2D eigenvalue weighted by Crippen LogP contribution is -2.49. The fourth-order valence-corrected chi connectivity index (χ4v) is 5.62. The fraction of sp³-hybridized carbons (Fsp3) is 0.810. The molecule has 5 heteroatoms. The van der Waals surface area contributed by atoms with Crippen molar-refractivity contribution in [1.82, 2.24) is 5.43 Å². The van der Waals surface area contributed by atoms with Crippen LogP contribution in [0, 0.1) is 23.2 Å². The third-order valence-electron chi connectivity index (χ3n) is 7.39. The third-order valence-corrected chi connectivity index (χ3v) is 7.73. The van der Waals surface area contributed by atoms with Crippen LogP contribution in [0.25, 0.3) is 0 Å². The van der Waals surface area contributed by atoms with Crippen molar-refractivity contribution in [2.24, 2.45) is 33.3 Å². The monoisotopic (exact) mass is 377 g/mol. The molecule has 1 aliphatic heterocycles. The van der Waals surface area contributed by atoms with Gasteiger partial charge in [0.15, 0.2) is 5.84 Å². The number of amidine groups is 1. The molecule has 0 aromatic rings. The fourth-order valence-electron chi connectivity index (χ4n) is 5.42. The van der Waals surface area contributed by atoms with E-state index in [0.29, 0.717) is 18.3 Å². The maximum atomic E-state index is 14.6. The largest absolute Gasteiger partial charge is 0.299 e. The van der Waals surface area contributed by atoms with Gasteiger partial charge >= 0.3 is 0 Å². The van der Waals surface area contributed by atoms with Crippen LogP contribution in [0.3, 0.4) is 0 Å². The first-order valence-corrected chi connectivity index (χ1v) is 11.0. The summed E-state index contributed by atoms with van der Waals surface area (Å²) in [6.45, 7) is 0. The quantitative estimate of drug-likeness (QED) is 0.704. The average Bonchev–Trinajstić information content (AvgIpc) is 3.56. The van der Waals surface area contributed by atoms with Crippen LogP contribution < -0.4 is 5.43 Å². The molecule has 4 atom stereocenters. The number of nitrogens with zero attached hydrogens (tertiary/aromatic N) is 2. The number of halogens is 2. The standard InChI is InChI=1S/C21H29ClFN3/c22-15-9-7-14(8-10-15)21(11-12-21)20-24-18(13-5-6-13)19(25-26-20)16-3-1-2-4-17(16)23/h9,13-14,16-17,19,25H,1-8,10-12H2. The van der Waals surface area contributed by atoms with Crippen LogP contribution in [-0.2, 0) is 0 Å².